The van der Waals surface area contributed by atoms with Crippen molar-refractivity contribution in [3.8, 4) is 0 Å². The molecule has 0 atom stereocenters. The molecule has 0 fully saturated rings. The lowest BCUT2D eigenvalue weighted by Gasteiger charge is -1.87. The van der Waals surface area contributed by atoms with Crippen LogP contribution < -0.4 is 0 Å². The number of rotatable bonds is 4. The minimum atomic E-state index is -0.838. The van der Waals surface area contributed by atoms with Crippen molar-refractivity contribution in [3.05, 3.63) is 11.6 Å². The molecular formula is C7H10O3. The first-order valence-corrected chi connectivity index (χ1v) is 3.00. The molecule has 0 aromatic heterocycles. The summed E-state index contributed by atoms with van der Waals surface area (Å²) in [6, 6.07) is 0. The number of carboxylic acid groups (broad SMARTS) is 1. The molecule has 3 heteroatoms. The number of carboxylic acids is 1. The lowest BCUT2D eigenvalue weighted by Crippen LogP contribution is -1.92. The summed E-state index contributed by atoms with van der Waals surface area (Å²) in [7, 11) is 0. The van der Waals surface area contributed by atoms with Crippen molar-refractivity contribution >= 4 is 12.3 Å². The highest BCUT2D eigenvalue weighted by Gasteiger charge is 1.92. The van der Waals surface area contributed by atoms with Crippen LogP contribution in [0.4, 0.5) is 0 Å². The van der Waals surface area contributed by atoms with Gasteiger partial charge in [0.05, 0.1) is 0 Å². The van der Waals surface area contributed by atoms with Crippen LogP contribution in [0.25, 0.3) is 0 Å². The highest BCUT2D eigenvalue weighted by molar-refractivity contribution is 5.72. The summed E-state index contributed by atoms with van der Waals surface area (Å²) in [6.45, 7) is 1.65. The second-order valence-corrected chi connectivity index (χ2v) is 2.00. The Kier molecular flexibility index (Phi) is 4.20. The fourth-order valence-corrected chi connectivity index (χ4v) is 0.471. The van der Waals surface area contributed by atoms with Crippen LogP contribution in [0.5, 0.6) is 0 Å². The zero-order valence-corrected chi connectivity index (χ0v) is 5.83. The highest BCUT2D eigenvalue weighted by Crippen LogP contribution is 1.94. The van der Waals surface area contributed by atoms with E-state index in [1.54, 1.807) is 13.0 Å². The third kappa shape index (κ3) is 5.03. The van der Waals surface area contributed by atoms with Crippen LogP contribution in [-0.2, 0) is 9.59 Å². The fourth-order valence-electron chi connectivity index (χ4n) is 0.471. The minimum Gasteiger partial charge on any atom is -0.481 e. The lowest BCUT2D eigenvalue weighted by atomic mass is 10.2. The molecule has 0 saturated heterocycles. The molecule has 0 aliphatic carbocycles. The van der Waals surface area contributed by atoms with Gasteiger partial charge >= 0.3 is 5.97 Å². The first kappa shape index (κ1) is 8.88. The molecule has 1 N–H and O–H groups in total. The van der Waals surface area contributed by atoms with Gasteiger partial charge in [0.25, 0.3) is 0 Å². The molecular weight excluding hydrogens is 132 g/mol. The van der Waals surface area contributed by atoms with Crippen molar-refractivity contribution in [1.82, 2.24) is 0 Å². The third-order valence-corrected chi connectivity index (χ3v) is 1.01. The number of aldehydes is 1. The van der Waals surface area contributed by atoms with Gasteiger partial charge in [0, 0.05) is 6.42 Å². The molecule has 0 saturated carbocycles. The molecule has 0 radical (unpaired) electrons. The van der Waals surface area contributed by atoms with Crippen LogP contribution in [0, 0.1) is 0 Å². The van der Waals surface area contributed by atoms with Crippen LogP contribution in [0.2, 0.25) is 0 Å². The van der Waals surface area contributed by atoms with E-state index in [0.717, 1.165) is 0 Å². The molecule has 0 aromatic carbocycles. The quantitative estimate of drug-likeness (QED) is 0.470. The van der Waals surface area contributed by atoms with E-state index in [1.807, 2.05) is 0 Å². The van der Waals surface area contributed by atoms with Gasteiger partial charge in [0.1, 0.15) is 6.29 Å². The van der Waals surface area contributed by atoms with E-state index in [4.69, 9.17) is 5.11 Å². The molecule has 0 amide bonds. The SMILES string of the molecule is C/C(C=O)=C/CCC(=O)O. The van der Waals surface area contributed by atoms with Crippen LogP contribution in [-0.4, -0.2) is 17.4 Å². The zero-order valence-electron chi connectivity index (χ0n) is 5.83. The number of carbonyl (C=O) groups is 2. The normalized spacial score (nSPS) is 11.1. The van der Waals surface area contributed by atoms with Crippen molar-refractivity contribution in [1.29, 1.82) is 0 Å². The van der Waals surface area contributed by atoms with Gasteiger partial charge < -0.3 is 5.11 Å². The van der Waals surface area contributed by atoms with Gasteiger partial charge in [-0.2, -0.15) is 0 Å². The number of hydrogen-bond acceptors (Lipinski definition) is 2. The largest absolute Gasteiger partial charge is 0.481 e. The Morgan fingerprint density at radius 2 is 2.20 bits per heavy atom. The Balaban J connectivity index is 3.52. The summed E-state index contributed by atoms with van der Waals surface area (Å²) in [5.41, 5.74) is 0.584. The molecule has 0 bridgehead atoms. The Bertz CT molecular complexity index is 158. The number of allylic oxidation sites excluding steroid dienone is 2. The van der Waals surface area contributed by atoms with Gasteiger partial charge in [0.15, 0.2) is 0 Å². The second-order valence-electron chi connectivity index (χ2n) is 2.00. The highest BCUT2D eigenvalue weighted by atomic mass is 16.4. The summed E-state index contributed by atoms with van der Waals surface area (Å²) in [6.07, 6.45) is 2.84. The number of aliphatic carboxylic acids is 1. The van der Waals surface area contributed by atoms with E-state index in [-0.39, 0.29) is 6.42 Å². The topological polar surface area (TPSA) is 54.4 Å². The summed E-state index contributed by atoms with van der Waals surface area (Å²) in [5.74, 6) is -0.838. The Hall–Kier alpha value is -1.12. The van der Waals surface area contributed by atoms with E-state index in [9.17, 15) is 9.59 Å². The van der Waals surface area contributed by atoms with Crippen molar-refractivity contribution < 1.29 is 14.7 Å². The maximum Gasteiger partial charge on any atom is 0.303 e. The molecule has 0 spiro atoms. The van der Waals surface area contributed by atoms with E-state index in [1.165, 1.54) is 0 Å². The molecule has 0 aliphatic heterocycles. The summed E-state index contributed by atoms with van der Waals surface area (Å²) < 4.78 is 0. The molecule has 10 heavy (non-hydrogen) atoms. The van der Waals surface area contributed by atoms with Crippen molar-refractivity contribution in [2.75, 3.05) is 0 Å². The third-order valence-electron chi connectivity index (χ3n) is 1.01. The standard InChI is InChI=1S/C7H10O3/c1-6(5-8)3-2-4-7(9)10/h3,5H,2,4H2,1H3,(H,9,10)/b6-3-. The average Bonchev–Trinajstić information content (AvgIpc) is 1.87. The van der Waals surface area contributed by atoms with Gasteiger partial charge in [-0.15, -0.1) is 0 Å². The van der Waals surface area contributed by atoms with Crippen LogP contribution in [0.3, 0.4) is 0 Å². The average molecular weight is 142 g/mol. The molecule has 0 rings (SSSR count). The van der Waals surface area contributed by atoms with Gasteiger partial charge in [-0.3, -0.25) is 9.59 Å². The Labute approximate surface area is 59.4 Å². The molecule has 0 aromatic rings. The maximum atomic E-state index is 9.96. The van der Waals surface area contributed by atoms with E-state index in [0.29, 0.717) is 18.3 Å². The van der Waals surface area contributed by atoms with Crippen molar-refractivity contribution in [2.45, 2.75) is 19.8 Å². The zero-order chi connectivity index (χ0) is 7.98. The van der Waals surface area contributed by atoms with Crippen LogP contribution in [0.15, 0.2) is 11.6 Å². The van der Waals surface area contributed by atoms with Gasteiger partial charge in [0.2, 0.25) is 0 Å². The van der Waals surface area contributed by atoms with E-state index in [2.05, 4.69) is 0 Å². The monoisotopic (exact) mass is 142 g/mol. The Morgan fingerprint density at radius 3 is 2.60 bits per heavy atom. The Morgan fingerprint density at radius 1 is 1.60 bits per heavy atom. The van der Waals surface area contributed by atoms with Gasteiger partial charge in [-0.05, 0) is 18.9 Å². The van der Waals surface area contributed by atoms with Gasteiger partial charge in [-0.25, -0.2) is 0 Å². The van der Waals surface area contributed by atoms with Crippen LogP contribution >= 0.6 is 0 Å². The fraction of sp³-hybridized carbons (Fsp3) is 0.429. The predicted octanol–water partition coefficient (Wildman–Crippen LogP) is 0.996. The molecule has 56 valence electrons. The summed E-state index contributed by atoms with van der Waals surface area (Å²) >= 11 is 0. The smallest absolute Gasteiger partial charge is 0.303 e. The number of carbonyl (C=O) groups excluding carboxylic acids is 1. The van der Waals surface area contributed by atoms with Crippen molar-refractivity contribution in [3.63, 3.8) is 0 Å². The van der Waals surface area contributed by atoms with Crippen molar-refractivity contribution in [2.24, 2.45) is 0 Å². The summed E-state index contributed by atoms with van der Waals surface area (Å²) in [4.78, 5) is 19.9. The lowest BCUT2D eigenvalue weighted by molar-refractivity contribution is -0.136. The summed E-state index contributed by atoms with van der Waals surface area (Å²) in [5, 5.41) is 8.18. The second kappa shape index (κ2) is 4.73. The van der Waals surface area contributed by atoms with Gasteiger partial charge in [-0.1, -0.05) is 6.08 Å². The first-order valence-electron chi connectivity index (χ1n) is 3.00. The first-order chi connectivity index (χ1) is 4.66. The minimum absolute atomic E-state index is 0.0885. The molecule has 0 aliphatic rings. The molecule has 0 heterocycles. The van der Waals surface area contributed by atoms with Crippen LogP contribution in [0.1, 0.15) is 19.8 Å². The molecule has 3 nitrogen and oxygen atoms in total. The van der Waals surface area contributed by atoms with E-state index >= 15 is 0 Å². The predicted molar refractivity (Wildman–Crippen MR) is 36.7 cm³/mol. The van der Waals surface area contributed by atoms with E-state index < -0.39 is 5.97 Å². The maximum absolute atomic E-state index is 9.96. The number of hydrogen-bond donors (Lipinski definition) is 1. The molecule has 0 unspecified atom stereocenters.